The predicted molar refractivity (Wildman–Crippen MR) is 110 cm³/mol. The molecule has 0 N–H and O–H groups in total. The van der Waals surface area contributed by atoms with E-state index in [1.54, 1.807) is 27.4 Å². The molecule has 7 heteroatoms. The van der Waals surface area contributed by atoms with E-state index >= 15 is 0 Å². The van der Waals surface area contributed by atoms with Gasteiger partial charge >= 0.3 is 0 Å². The van der Waals surface area contributed by atoms with Crippen LogP contribution >= 0.6 is 0 Å². The van der Waals surface area contributed by atoms with Crippen LogP contribution in [-0.4, -0.2) is 40.0 Å². The Kier molecular flexibility index (Phi) is 3.91. The third kappa shape index (κ3) is 2.53. The van der Waals surface area contributed by atoms with Crippen molar-refractivity contribution in [3.63, 3.8) is 0 Å². The SMILES string of the molecule is CC(=O)N1CCc2cc(S(=O)(=O)N3C[C@H]4CCCN4c4ccccc43)ccc21. The van der Waals surface area contributed by atoms with E-state index in [2.05, 4.69) is 4.90 Å². The summed E-state index contributed by atoms with van der Waals surface area (Å²) in [7, 11) is -3.67. The summed E-state index contributed by atoms with van der Waals surface area (Å²) in [5, 5.41) is 0. The van der Waals surface area contributed by atoms with Gasteiger partial charge in [0.15, 0.2) is 0 Å². The first kappa shape index (κ1) is 17.6. The second-order valence-electron chi connectivity index (χ2n) is 7.73. The molecule has 2 aromatic rings. The smallest absolute Gasteiger partial charge is 0.264 e. The van der Waals surface area contributed by atoms with Crippen LogP contribution in [0.2, 0.25) is 0 Å². The molecule has 0 aliphatic carbocycles. The summed E-state index contributed by atoms with van der Waals surface area (Å²) in [6.07, 6.45) is 2.79. The second-order valence-corrected chi connectivity index (χ2v) is 9.59. The highest BCUT2D eigenvalue weighted by Gasteiger charge is 2.39. The summed E-state index contributed by atoms with van der Waals surface area (Å²) in [4.78, 5) is 16.1. The number of carbonyl (C=O) groups excluding carboxylic acids is 1. The lowest BCUT2D eigenvalue weighted by molar-refractivity contribution is -0.116. The minimum atomic E-state index is -3.67. The number of nitrogens with zero attached hydrogens (tertiary/aromatic N) is 3. The fraction of sp³-hybridized carbons (Fsp3) is 0.381. The van der Waals surface area contributed by atoms with E-state index in [1.165, 1.54) is 6.92 Å². The van der Waals surface area contributed by atoms with Crippen molar-refractivity contribution in [2.24, 2.45) is 0 Å². The summed E-state index contributed by atoms with van der Waals surface area (Å²) in [6, 6.07) is 13.2. The van der Waals surface area contributed by atoms with E-state index in [-0.39, 0.29) is 11.9 Å². The highest BCUT2D eigenvalue weighted by molar-refractivity contribution is 7.92. The Bertz CT molecular complexity index is 1070. The molecule has 1 fully saturated rings. The number of anilines is 3. The summed E-state index contributed by atoms with van der Waals surface area (Å²) < 4.78 is 28.7. The van der Waals surface area contributed by atoms with Gasteiger partial charge in [-0.1, -0.05) is 12.1 Å². The van der Waals surface area contributed by atoms with Gasteiger partial charge in [-0.3, -0.25) is 9.10 Å². The molecule has 0 saturated carbocycles. The molecule has 3 heterocycles. The number of benzene rings is 2. The van der Waals surface area contributed by atoms with Crippen LogP contribution in [0.4, 0.5) is 17.1 Å². The summed E-state index contributed by atoms with van der Waals surface area (Å²) >= 11 is 0. The number of amides is 1. The number of carbonyl (C=O) groups is 1. The van der Waals surface area contributed by atoms with Crippen LogP contribution in [0.15, 0.2) is 47.4 Å². The first-order valence-electron chi connectivity index (χ1n) is 9.76. The molecule has 6 nitrogen and oxygen atoms in total. The Labute approximate surface area is 165 Å². The van der Waals surface area contributed by atoms with Crippen LogP contribution in [0.25, 0.3) is 0 Å². The normalized spacial score (nSPS) is 20.8. The van der Waals surface area contributed by atoms with Crippen molar-refractivity contribution in [2.45, 2.75) is 37.1 Å². The van der Waals surface area contributed by atoms with Crippen LogP contribution < -0.4 is 14.1 Å². The third-order valence-corrected chi connectivity index (χ3v) is 7.90. The molecule has 1 amide bonds. The number of sulfonamides is 1. The Balaban J connectivity index is 1.56. The quantitative estimate of drug-likeness (QED) is 0.782. The van der Waals surface area contributed by atoms with Gasteiger partial charge in [-0.25, -0.2) is 8.42 Å². The highest BCUT2D eigenvalue weighted by atomic mass is 32.2. The molecule has 28 heavy (non-hydrogen) atoms. The molecule has 0 bridgehead atoms. The van der Waals surface area contributed by atoms with E-state index in [4.69, 9.17) is 0 Å². The molecule has 2 aromatic carbocycles. The largest absolute Gasteiger partial charge is 0.365 e. The summed E-state index contributed by atoms with van der Waals surface area (Å²) in [6.45, 7) is 3.61. The Morgan fingerprint density at radius 1 is 1.04 bits per heavy atom. The number of fused-ring (bicyclic) bond motifs is 4. The molecular formula is C21H23N3O3S. The van der Waals surface area contributed by atoms with E-state index < -0.39 is 10.0 Å². The number of rotatable bonds is 2. The third-order valence-electron chi connectivity index (χ3n) is 6.13. The zero-order valence-electron chi connectivity index (χ0n) is 15.8. The molecule has 3 aliphatic heterocycles. The Hall–Kier alpha value is -2.54. The minimum Gasteiger partial charge on any atom is -0.365 e. The van der Waals surface area contributed by atoms with Crippen molar-refractivity contribution in [1.82, 2.24) is 0 Å². The first-order valence-corrected chi connectivity index (χ1v) is 11.2. The van der Waals surface area contributed by atoms with Crippen molar-refractivity contribution in [1.29, 1.82) is 0 Å². The summed E-state index contributed by atoms with van der Waals surface area (Å²) in [5.74, 6) is -0.0133. The van der Waals surface area contributed by atoms with Gasteiger partial charge in [0.25, 0.3) is 10.0 Å². The predicted octanol–water partition coefficient (Wildman–Crippen LogP) is 2.77. The van der Waals surface area contributed by atoms with Crippen molar-refractivity contribution in [3.8, 4) is 0 Å². The van der Waals surface area contributed by atoms with E-state index in [9.17, 15) is 13.2 Å². The van der Waals surface area contributed by atoms with Gasteiger partial charge < -0.3 is 9.80 Å². The molecule has 5 rings (SSSR count). The molecular weight excluding hydrogens is 374 g/mol. The van der Waals surface area contributed by atoms with E-state index in [0.29, 0.717) is 24.4 Å². The Morgan fingerprint density at radius 3 is 2.61 bits per heavy atom. The first-order chi connectivity index (χ1) is 13.5. The van der Waals surface area contributed by atoms with Gasteiger partial charge in [-0.2, -0.15) is 0 Å². The van der Waals surface area contributed by atoms with Gasteiger partial charge in [0.1, 0.15) is 0 Å². The van der Waals surface area contributed by atoms with Gasteiger partial charge in [-0.15, -0.1) is 0 Å². The van der Waals surface area contributed by atoms with Gasteiger partial charge in [0.05, 0.1) is 22.8 Å². The molecule has 0 aromatic heterocycles. The average Bonchev–Trinajstić information content (AvgIpc) is 3.33. The van der Waals surface area contributed by atoms with Crippen LogP contribution in [0.1, 0.15) is 25.3 Å². The average molecular weight is 398 g/mol. The number of para-hydroxylation sites is 2. The molecule has 1 atom stereocenters. The van der Waals surface area contributed by atoms with E-state index in [0.717, 1.165) is 42.0 Å². The van der Waals surface area contributed by atoms with Crippen LogP contribution in [-0.2, 0) is 21.2 Å². The lowest BCUT2D eigenvalue weighted by Crippen LogP contribution is -2.48. The lowest BCUT2D eigenvalue weighted by atomic mass is 10.1. The van der Waals surface area contributed by atoms with Crippen molar-refractivity contribution >= 4 is 33.0 Å². The summed E-state index contributed by atoms with van der Waals surface area (Å²) in [5.41, 5.74) is 3.51. The monoisotopic (exact) mass is 397 g/mol. The fourth-order valence-electron chi connectivity index (χ4n) is 4.77. The topological polar surface area (TPSA) is 60.9 Å². The van der Waals surface area contributed by atoms with Crippen molar-refractivity contribution in [2.75, 3.05) is 33.7 Å². The molecule has 0 radical (unpaired) electrons. The molecule has 3 aliphatic rings. The van der Waals surface area contributed by atoms with Gasteiger partial charge in [0.2, 0.25) is 5.91 Å². The fourth-order valence-corrected chi connectivity index (χ4v) is 6.34. The van der Waals surface area contributed by atoms with Gasteiger partial charge in [0, 0.05) is 31.7 Å². The zero-order chi connectivity index (χ0) is 19.5. The lowest BCUT2D eigenvalue weighted by Gasteiger charge is -2.40. The van der Waals surface area contributed by atoms with E-state index in [1.807, 2.05) is 24.3 Å². The van der Waals surface area contributed by atoms with Crippen LogP contribution in [0, 0.1) is 0 Å². The standard InChI is InChI=1S/C21H23N3O3S/c1-15(25)22-12-10-16-13-18(8-9-19(16)22)28(26,27)24-14-17-5-4-11-23(17)20-6-2-3-7-21(20)24/h2-3,6-9,13,17H,4-5,10-12,14H2,1H3/t17-/m1/s1. The van der Waals surface area contributed by atoms with Crippen molar-refractivity contribution in [3.05, 3.63) is 48.0 Å². The maximum atomic E-state index is 13.6. The molecule has 146 valence electrons. The second kappa shape index (κ2) is 6.24. The zero-order valence-corrected chi connectivity index (χ0v) is 16.7. The molecule has 1 saturated heterocycles. The maximum absolute atomic E-state index is 13.6. The molecule has 0 unspecified atom stereocenters. The maximum Gasteiger partial charge on any atom is 0.264 e. The Morgan fingerprint density at radius 2 is 1.82 bits per heavy atom. The van der Waals surface area contributed by atoms with Gasteiger partial charge in [-0.05, 0) is 55.2 Å². The molecule has 0 spiro atoms. The number of hydrogen-bond acceptors (Lipinski definition) is 4. The number of hydrogen-bond donors (Lipinski definition) is 0. The van der Waals surface area contributed by atoms with Crippen LogP contribution in [0.3, 0.4) is 0 Å². The van der Waals surface area contributed by atoms with Crippen molar-refractivity contribution < 1.29 is 13.2 Å². The highest BCUT2D eigenvalue weighted by Crippen LogP contribution is 2.42. The minimum absolute atomic E-state index is 0.0133. The van der Waals surface area contributed by atoms with Crippen LogP contribution in [0.5, 0.6) is 0 Å².